The van der Waals surface area contributed by atoms with E-state index in [4.69, 9.17) is 0 Å². The van der Waals surface area contributed by atoms with E-state index < -0.39 is 0 Å². The van der Waals surface area contributed by atoms with Crippen molar-refractivity contribution >= 4 is 22.9 Å². The minimum absolute atomic E-state index is 0.0271. The maximum absolute atomic E-state index is 12.5. The van der Waals surface area contributed by atoms with E-state index in [9.17, 15) is 4.79 Å². The van der Waals surface area contributed by atoms with Gasteiger partial charge in [0.2, 0.25) is 5.91 Å². The number of hydrogen-bond acceptors (Lipinski definition) is 7. The van der Waals surface area contributed by atoms with E-state index in [2.05, 4.69) is 40.0 Å². The largest absolute Gasteiger partial charge is 0.364 e. The van der Waals surface area contributed by atoms with E-state index in [0.29, 0.717) is 12.6 Å². The first-order chi connectivity index (χ1) is 14.7. The van der Waals surface area contributed by atoms with Crippen LogP contribution in [0.4, 0.5) is 5.82 Å². The molecule has 1 atom stereocenters. The molecule has 1 aliphatic heterocycles. The van der Waals surface area contributed by atoms with Gasteiger partial charge in [0, 0.05) is 31.0 Å². The molecule has 0 spiro atoms. The number of carbonyl (C=O) groups is 1. The van der Waals surface area contributed by atoms with Gasteiger partial charge in [-0.1, -0.05) is 6.07 Å². The van der Waals surface area contributed by atoms with Gasteiger partial charge in [-0.15, -0.1) is 0 Å². The van der Waals surface area contributed by atoms with Crippen LogP contribution in [0.5, 0.6) is 0 Å². The van der Waals surface area contributed by atoms with Crippen LogP contribution in [-0.2, 0) is 11.3 Å². The van der Waals surface area contributed by atoms with Crippen molar-refractivity contribution in [1.29, 1.82) is 0 Å². The molecule has 1 unspecified atom stereocenters. The van der Waals surface area contributed by atoms with Crippen molar-refractivity contribution in [3.05, 3.63) is 42.7 Å². The minimum Gasteiger partial charge on any atom is -0.364 e. The smallest absolute Gasteiger partial charge is 0.237 e. The zero-order valence-electron chi connectivity index (χ0n) is 17.0. The highest BCUT2D eigenvalue weighted by molar-refractivity contribution is 5.83. The van der Waals surface area contributed by atoms with Crippen LogP contribution in [0.2, 0.25) is 0 Å². The standard InChI is InChI=1S/C21H26N8O/c1-28-7-3-5-17(28)21(30)27-15-8-16(9-15)29-13-26-18-19(24-12-25-20(18)29)23-11-14-4-2-6-22-10-14/h2,4,6,10,12-13,15-17H,3,5,7-9,11H2,1H3,(H,27,30)(H,23,24,25). The van der Waals surface area contributed by atoms with Crippen molar-refractivity contribution in [2.75, 3.05) is 18.9 Å². The van der Waals surface area contributed by atoms with E-state index in [1.165, 1.54) is 0 Å². The highest BCUT2D eigenvalue weighted by atomic mass is 16.2. The number of aromatic nitrogens is 5. The third kappa shape index (κ3) is 3.60. The third-order valence-corrected chi connectivity index (χ3v) is 6.22. The third-order valence-electron chi connectivity index (χ3n) is 6.22. The van der Waals surface area contributed by atoms with Crippen LogP contribution in [0.25, 0.3) is 11.2 Å². The molecule has 1 saturated heterocycles. The number of carbonyl (C=O) groups excluding carboxylic acids is 1. The zero-order chi connectivity index (χ0) is 20.5. The molecule has 3 aromatic heterocycles. The van der Waals surface area contributed by atoms with Crippen LogP contribution < -0.4 is 10.6 Å². The molecule has 0 aromatic carbocycles. The maximum atomic E-state index is 12.5. The first-order valence-electron chi connectivity index (χ1n) is 10.5. The number of nitrogens with zero attached hydrogens (tertiary/aromatic N) is 6. The molecule has 1 aliphatic carbocycles. The van der Waals surface area contributed by atoms with Crippen molar-refractivity contribution in [2.45, 2.75) is 50.4 Å². The number of likely N-dealkylation sites (N-methyl/N-ethyl adjacent to an activating group) is 1. The predicted molar refractivity (Wildman–Crippen MR) is 113 cm³/mol. The van der Waals surface area contributed by atoms with Crippen molar-refractivity contribution in [1.82, 2.24) is 34.7 Å². The summed E-state index contributed by atoms with van der Waals surface area (Å²) in [6, 6.07) is 4.47. The second-order valence-corrected chi connectivity index (χ2v) is 8.23. The second kappa shape index (κ2) is 7.98. The van der Waals surface area contributed by atoms with Gasteiger partial charge in [-0.25, -0.2) is 15.0 Å². The van der Waals surface area contributed by atoms with Crippen molar-refractivity contribution in [3.8, 4) is 0 Å². The molecule has 1 saturated carbocycles. The van der Waals surface area contributed by atoms with E-state index in [-0.39, 0.29) is 18.0 Å². The average Bonchev–Trinajstić information content (AvgIpc) is 3.36. The fourth-order valence-corrected chi connectivity index (χ4v) is 4.41. The van der Waals surface area contributed by atoms with Crippen LogP contribution in [0.15, 0.2) is 37.2 Å². The van der Waals surface area contributed by atoms with Crippen LogP contribution in [0, 0.1) is 0 Å². The molecule has 1 amide bonds. The number of pyridine rings is 1. The molecule has 9 heteroatoms. The molecule has 30 heavy (non-hydrogen) atoms. The van der Waals surface area contributed by atoms with Gasteiger partial charge in [0.1, 0.15) is 11.8 Å². The Kier molecular flexibility index (Phi) is 5.04. The fourth-order valence-electron chi connectivity index (χ4n) is 4.41. The van der Waals surface area contributed by atoms with Gasteiger partial charge in [-0.3, -0.25) is 14.7 Å². The molecule has 0 bridgehead atoms. The Morgan fingerprint density at radius 3 is 2.93 bits per heavy atom. The molecule has 2 aliphatic rings. The van der Waals surface area contributed by atoms with E-state index >= 15 is 0 Å². The number of imidazole rings is 1. The maximum Gasteiger partial charge on any atom is 0.237 e. The predicted octanol–water partition coefficient (Wildman–Crippen LogP) is 1.75. The highest BCUT2D eigenvalue weighted by Crippen LogP contribution is 2.35. The van der Waals surface area contributed by atoms with Crippen LogP contribution >= 0.6 is 0 Å². The normalized spacial score (nSPS) is 24.0. The summed E-state index contributed by atoms with van der Waals surface area (Å²) in [5, 5.41) is 6.55. The Labute approximate surface area is 174 Å². The molecule has 2 fully saturated rings. The van der Waals surface area contributed by atoms with Gasteiger partial charge < -0.3 is 15.2 Å². The lowest BCUT2D eigenvalue weighted by molar-refractivity contribution is -0.126. The Hall–Kier alpha value is -3.07. The van der Waals surface area contributed by atoms with Gasteiger partial charge in [0.25, 0.3) is 0 Å². The van der Waals surface area contributed by atoms with Crippen molar-refractivity contribution < 1.29 is 4.79 Å². The molecular weight excluding hydrogens is 380 g/mol. The summed E-state index contributed by atoms with van der Waals surface area (Å²) in [5.74, 6) is 0.884. The summed E-state index contributed by atoms with van der Waals surface area (Å²) in [4.78, 5) is 32.2. The number of rotatable bonds is 6. The van der Waals surface area contributed by atoms with E-state index in [1.54, 1.807) is 12.5 Å². The Morgan fingerprint density at radius 1 is 1.27 bits per heavy atom. The fraction of sp³-hybridized carbons (Fsp3) is 0.476. The van der Waals surface area contributed by atoms with E-state index in [0.717, 1.165) is 54.8 Å². The topological polar surface area (TPSA) is 101 Å². The molecule has 3 aromatic rings. The molecule has 5 rings (SSSR count). The summed E-state index contributed by atoms with van der Waals surface area (Å²) >= 11 is 0. The Balaban J connectivity index is 1.22. The van der Waals surface area contributed by atoms with Gasteiger partial charge in [-0.2, -0.15) is 0 Å². The zero-order valence-corrected chi connectivity index (χ0v) is 17.0. The number of hydrogen-bond donors (Lipinski definition) is 2. The van der Waals surface area contributed by atoms with Gasteiger partial charge in [-0.05, 0) is 50.9 Å². The number of likely N-dealkylation sites (tertiary alicyclic amines) is 1. The van der Waals surface area contributed by atoms with Gasteiger partial charge in [0.05, 0.1) is 12.4 Å². The monoisotopic (exact) mass is 406 g/mol. The van der Waals surface area contributed by atoms with Crippen LogP contribution in [-0.4, -0.2) is 61.0 Å². The first kappa shape index (κ1) is 18.9. The lowest BCUT2D eigenvalue weighted by atomic mass is 9.86. The minimum atomic E-state index is 0.0271. The molecule has 156 valence electrons. The van der Waals surface area contributed by atoms with Crippen LogP contribution in [0.3, 0.4) is 0 Å². The molecule has 9 nitrogen and oxygen atoms in total. The van der Waals surface area contributed by atoms with Crippen molar-refractivity contribution in [3.63, 3.8) is 0 Å². The highest BCUT2D eigenvalue weighted by Gasteiger charge is 2.36. The van der Waals surface area contributed by atoms with Gasteiger partial charge >= 0.3 is 0 Å². The van der Waals surface area contributed by atoms with Crippen LogP contribution in [0.1, 0.15) is 37.3 Å². The second-order valence-electron chi connectivity index (χ2n) is 8.23. The SMILES string of the molecule is CN1CCCC1C(=O)NC1CC(n2cnc3c(NCc4cccnc4)ncnc32)C1. The Bertz CT molecular complexity index is 1030. The molecule has 2 N–H and O–H groups in total. The number of anilines is 1. The lowest BCUT2D eigenvalue weighted by Crippen LogP contribution is -2.50. The molecule has 0 radical (unpaired) electrons. The molecule has 4 heterocycles. The number of nitrogens with one attached hydrogen (secondary N) is 2. The summed E-state index contributed by atoms with van der Waals surface area (Å²) in [6.07, 6.45) is 10.8. The van der Waals surface area contributed by atoms with E-state index in [1.807, 2.05) is 31.7 Å². The summed E-state index contributed by atoms with van der Waals surface area (Å²) in [6.45, 7) is 1.63. The number of fused-ring (bicyclic) bond motifs is 1. The molecular formula is C21H26N8O. The number of amides is 1. The first-order valence-corrected chi connectivity index (χ1v) is 10.5. The summed E-state index contributed by atoms with van der Waals surface area (Å²) < 4.78 is 2.11. The quantitative estimate of drug-likeness (QED) is 0.643. The summed E-state index contributed by atoms with van der Waals surface area (Å²) in [7, 11) is 2.03. The average molecular weight is 406 g/mol. The van der Waals surface area contributed by atoms with Gasteiger partial charge in [0.15, 0.2) is 11.5 Å². The summed E-state index contributed by atoms with van der Waals surface area (Å²) in [5.41, 5.74) is 2.67. The van der Waals surface area contributed by atoms with Crippen molar-refractivity contribution in [2.24, 2.45) is 0 Å². The Morgan fingerprint density at radius 2 is 2.17 bits per heavy atom. The lowest BCUT2D eigenvalue weighted by Gasteiger charge is -2.37.